The lowest BCUT2D eigenvalue weighted by molar-refractivity contribution is 0.254. The SMILES string of the molecule is CNc1cccc2c1CC(C)O2. The summed E-state index contributed by atoms with van der Waals surface area (Å²) < 4.78 is 5.61. The average molecular weight is 163 g/mol. The quantitative estimate of drug-likeness (QED) is 0.684. The summed E-state index contributed by atoms with van der Waals surface area (Å²) in [6, 6.07) is 6.13. The van der Waals surface area contributed by atoms with E-state index >= 15 is 0 Å². The van der Waals surface area contributed by atoms with E-state index in [1.807, 2.05) is 19.2 Å². The van der Waals surface area contributed by atoms with E-state index in [0.717, 1.165) is 12.2 Å². The molecule has 0 amide bonds. The molecule has 1 N–H and O–H groups in total. The Balaban J connectivity index is 2.44. The van der Waals surface area contributed by atoms with Crippen molar-refractivity contribution < 1.29 is 4.74 Å². The lowest BCUT2D eigenvalue weighted by Crippen LogP contribution is -2.05. The monoisotopic (exact) mass is 163 g/mol. The Hall–Kier alpha value is -1.18. The molecule has 1 atom stereocenters. The van der Waals surface area contributed by atoms with Gasteiger partial charge in [-0.15, -0.1) is 0 Å². The van der Waals surface area contributed by atoms with Crippen molar-refractivity contribution in [1.82, 2.24) is 0 Å². The van der Waals surface area contributed by atoms with Gasteiger partial charge >= 0.3 is 0 Å². The maximum Gasteiger partial charge on any atom is 0.125 e. The van der Waals surface area contributed by atoms with Crippen molar-refractivity contribution in [3.05, 3.63) is 23.8 Å². The lowest BCUT2D eigenvalue weighted by Gasteiger charge is -2.04. The minimum absolute atomic E-state index is 0.328. The van der Waals surface area contributed by atoms with Crippen LogP contribution in [0.4, 0.5) is 5.69 Å². The van der Waals surface area contributed by atoms with Crippen molar-refractivity contribution in [2.24, 2.45) is 0 Å². The second-order valence-electron chi connectivity index (χ2n) is 3.16. The number of ether oxygens (including phenoxy) is 1. The molecule has 2 nitrogen and oxygen atoms in total. The number of hydrogen-bond acceptors (Lipinski definition) is 2. The molecule has 0 spiro atoms. The number of hydrogen-bond donors (Lipinski definition) is 1. The first-order valence-corrected chi connectivity index (χ1v) is 4.27. The van der Waals surface area contributed by atoms with Crippen molar-refractivity contribution in [2.45, 2.75) is 19.4 Å². The summed E-state index contributed by atoms with van der Waals surface area (Å²) in [6.45, 7) is 2.10. The van der Waals surface area contributed by atoms with Crippen LogP contribution >= 0.6 is 0 Å². The van der Waals surface area contributed by atoms with E-state index in [2.05, 4.69) is 18.3 Å². The molecule has 2 heteroatoms. The third-order valence-electron chi connectivity index (χ3n) is 2.22. The normalized spacial score (nSPS) is 20.0. The highest BCUT2D eigenvalue weighted by Crippen LogP contribution is 2.33. The van der Waals surface area contributed by atoms with Crippen LogP contribution in [0.25, 0.3) is 0 Å². The first-order chi connectivity index (χ1) is 5.81. The fourth-order valence-electron chi connectivity index (χ4n) is 1.67. The van der Waals surface area contributed by atoms with Gasteiger partial charge in [0, 0.05) is 24.7 Å². The summed E-state index contributed by atoms with van der Waals surface area (Å²) in [6.07, 6.45) is 1.35. The molecule has 0 saturated heterocycles. The van der Waals surface area contributed by atoms with Crippen LogP contribution < -0.4 is 10.1 Å². The van der Waals surface area contributed by atoms with Crippen LogP contribution in [-0.4, -0.2) is 13.2 Å². The Bertz CT molecular complexity index is 296. The molecule has 1 aliphatic heterocycles. The van der Waals surface area contributed by atoms with Crippen molar-refractivity contribution in [3.63, 3.8) is 0 Å². The molecule has 1 unspecified atom stereocenters. The van der Waals surface area contributed by atoms with Gasteiger partial charge in [0.2, 0.25) is 0 Å². The molecule has 0 radical (unpaired) electrons. The molecule has 64 valence electrons. The van der Waals surface area contributed by atoms with Gasteiger partial charge in [-0.3, -0.25) is 0 Å². The number of anilines is 1. The van der Waals surface area contributed by atoms with E-state index in [-0.39, 0.29) is 0 Å². The van der Waals surface area contributed by atoms with Crippen molar-refractivity contribution in [2.75, 3.05) is 12.4 Å². The van der Waals surface area contributed by atoms with Gasteiger partial charge in [0.25, 0.3) is 0 Å². The Morgan fingerprint density at radius 1 is 1.50 bits per heavy atom. The maximum atomic E-state index is 5.61. The molecule has 0 bridgehead atoms. The van der Waals surface area contributed by atoms with Crippen LogP contribution in [0.3, 0.4) is 0 Å². The minimum atomic E-state index is 0.328. The molecular formula is C10H13NO. The van der Waals surface area contributed by atoms with E-state index < -0.39 is 0 Å². The molecule has 0 aromatic heterocycles. The molecule has 2 rings (SSSR count). The fourth-order valence-corrected chi connectivity index (χ4v) is 1.67. The van der Waals surface area contributed by atoms with Crippen LogP contribution in [0, 0.1) is 0 Å². The van der Waals surface area contributed by atoms with Crippen LogP contribution in [0.2, 0.25) is 0 Å². The average Bonchev–Trinajstić information content (AvgIpc) is 2.44. The topological polar surface area (TPSA) is 21.3 Å². The molecule has 0 saturated carbocycles. The van der Waals surface area contributed by atoms with E-state index in [1.165, 1.54) is 11.3 Å². The minimum Gasteiger partial charge on any atom is -0.490 e. The predicted octanol–water partition coefficient (Wildman–Crippen LogP) is 2.05. The van der Waals surface area contributed by atoms with Crippen molar-refractivity contribution in [1.29, 1.82) is 0 Å². The van der Waals surface area contributed by atoms with Crippen molar-refractivity contribution in [3.8, 4) is 5.75 Å². The Morgan fingerprint density at radius 3 is 3.08 bits per heavy atom. The smallest absolute Gasteiger partial charge is 0.125 e. The molecule has 0 aliphatic carbocycles. The van der Waals surface area contributed by atoms with E-state index in [4.69, 9.17) is 4.74 Å². The van der Waals surface area contributed by atoms with Gasteiger partial charge in [-0.2, -0.15) is 0 Å². The van der Waals surface area contributed by atoms with Crippen LogP contribution in [0.5, 0.6) is 5.75 Å². The molecule has 1 heterocycles. The Morgan fingerprint density at radius 2 is 2.33 bits per heavy atom. The van der Waals surface area contributed by atoms with Gasteiger partial charge in [-0.25, -0.2) is 0 Å². The van der Waals surface area contributed by atoms with Gasteiger partial charge in [0.15, 0.2) is 0 Å². The van der Waals surface area contributed by atoms with E-state index in [1.54, 1.807) is 0 Å². The molecule has 1 aliphatic rings. The highest BCUT2D eigenvalue weighted by Gasteiger charge is 2.20. The second kappa shape index (κ2) is 2.70. The maximum absolute atomic E-state index is 5.61. The standard InChI is InChI=1S/C10H13NO/c1-7-6-8-9(11-2)4-3-5-10(8)12-7/h3-5,7,11H,6H2,1-2H3. The highest BCUT2D eigenvalue weighted by molar-refractivity contribution is 5.58. The number of benzene rings is 1. The number of fused-ring (bicyclic) bond motifs is 1. The summed E-state index contributed by atoms with van der Waals surface area (Å²) in [4.78, 5) is 0. The van der Waals surface area contributed by atoms with Gasteiger partial charge in [0.05, 0.1) is 0 Å². The molecule has 0 fully saturated rings. The zero-order chi connectivity index (χ0) is 8.55. The largest absolute Gasteiger partial charge is 0.490 e. The van der Waals surface area contributed by atoms with Gasteiger partial charge in [-0.05, 0) is 19.1 Å². The predicted molar refractivity (Wildman–Crippen MR) is 49.8 cm³/mol. The van der Waals surface area contributed by atoms with Crippen molar-refractivity contribution >= 4 is 5.69 Å². The third kappa shape index (κ3) is 1.04. The first-order valence-electron chi connectivity index (χ1n) is 4.27. The second-order valence-corrected chi connectivity index (χ2v) is 3.16. The summed E-state index contributed by atoms with van der Waals surface area (Å²) in [5.41, 5.74) is 2.50. The van der Waals surface area contributed by atoms with E-state index in [0.29, 0.717) is 6.10 Å². The zero-order valence-corrected chi connectivity index (χ0v) is 7.42. The summed E-state index contributed by atoms with van der Waals surface area (Å²) in [7, 11) is 1.94. The lowest BCUT2D eigenvalue weighted by atomic mass is 10.1. The Labute approximate surface area is 72.5 Å². The van der Waals surface area contributed by atoms with Gasteiger partial charge in [0.1, 0.15) is 11.9 Å². The zero-order valence-electron chi connectivity index (χ0n) is 7.42. The summed E-state index contributed by atoms with van der Waals surface area (Å²) in [5.74, 6) is 1.04. The third-order valence-corrected chi connectivity index (χ3v) is 2.22. The molecular weight excluding hydrogens is 150 g/mol. The first kappa shape index (κ1) is 7.47. The number of rotatable bonds is 1. The molecule has 1 aromatic rings. The Kier molecular flexibility index (Phi) is 1.68. The summed E-state index contributed by atoms with van der Waals surface area (Å²) in [5, 5.41) is 3.17. The number of nitrogens with one attached hydrogen (secondary N) is 1. The molecule has 1 aromatic carbocycles. The fraction of sp³-hybridized carbons (Fsp3) is 0.400. The van der Waals surface area contributed by atoms with Crippen LogP contribution in [-0.2, 0) is 6.42 Å². The van der Waals surface area contributed by atoms with Crippen LogP contribution in [0.15, 0.2) is 18.2 Å². The van der Waals surface area contributed by atoms with Gasteiger partial charge in [-0.1, -0.05) is 6.07 Å². The van der Waals surface area contributed by atoms with E-state index in [9.17, 15) is 0 Å². The van der Waals surface area contributed by atoms with Gasteiger partial charge < -0.3 is 10.1 Å². The summed E-state index contributed by atoms with van der Waals surface area (Å²) >= 11 is 0. The van der Waals surface area contributed by atoms with Crippen LogP contribution in [0.1, 0.15) is 12.5 Å². The highest BCUT2D eigenvalue weighted by atomic mass is 16.5. The molecule has 12 heavy (non-hydrogen) atoms.